The third-order valence-electron chi connectivity index (χ3n) is 5.42. The van der Waals surface area contributed by atoms with E-state index in [1.165, 1.54) is 31.2 Å². The molecule has 0 saturated heterocycles. The first-order valence-corrected chi connectivity index (χ1v) is 12.7. The number of nitrogens with zero attached hydrogens (tertiary/aromatic N) is 3. The lowest BCUT2D eigenvalue weighted by atomic mass is 9.89. The molecule has 0 aliphatic heterocycles. The van der Waals surface area contributed by atoms with E-state index in [1.807, 2.05) is 41.0 Å². The molecule has 160 valence electrons. The van der Waals surface area contributed by atoms with Gasteiger partial charge in [0.1, 0.15) is 12.7 Å². The van der Waals surface area contributed by atoms with Crippen LogP contribution in [0.2, 0.25) is 0 Å². The molecule has 0 aliphatic carbocycles. The van der Waals surface area contributed by atoms with Crippen LogP contribution in [0.4, 0.5) is 0 Å². The Morgan fingerprint density at radius 3 is 2.40 bits per heavy atom. The Bertz CT molecular complexity index is 915. The van der Waals surface area contributed by atoms with E-state index >= 15 is 0 Å². The number of hydrogen-bond donors (Lipinski definition) is 0. The predicted octanol–water partition coefficient (Wildman–Crippen LogP) is 6.74. The molecule has 0 spiro atoms. The van der Waals surface area contributed by atoms with E-state index in [4.69, 9.17) is 0 Å². The number of unbranched alkanes of at least 4 members (excludes halogenated alkanes) is 3. The molecule has 0 saturated carbocycles. The van der Waals surface area contributed by atoms with Crippen molar-refractivity contribution in [1.29, 1.82) is 0 Å². The topological polar surface area (TPSA) is 47.8 Å². The van der Waals surface area contributed by atoms with E-state index in [2.05, 4.69) is 45.2 Å². The van der Waals surface area contributed by atoms with Gasteiger partial charge < -0.3 is 4.57 Å². The summed E-state index contributed by atoms with van der Waals surface area (Å²) in [5.41, 5.74) is 1.21. The largest absolute Gasteiger partial charge is 0.320 e. The molecule has 30 heavy (non-hydrogen) atoms. The minimum Gasteiger partial charge on any atom is -0.320 e. The van der Waals surface area contributed by atoms with E-state index < -0.39 is 10.8 Å². The Labute approximate surface area is 190 Å². The van der Waals surface area contributed by atoms with Crippen molar-refractivity contribution >= 4 is 26.7 Å². The summed E-state index contributed by atoms with van der Waals surface area (Å²) < 4.78 is 16.4. The van der Waals surface area contributed by atoms with Crippen molar-refractivity contribution in [2.75, 3.05) is 0 Å². The second-order valence-corrected chi connectivity index (χ2v) is 9.90. The predicted molar refractivity (Wildman–Crippen MR) is 126 cm³/mol. The van der Waals surface area contributed by atoms with Crippen LogP contribution >= 0.6 is 15.9 Å². The van der Waals surface area contributed by atoms with E-state index in [9.17, 15) is 4.21 Å². The van der Waals surface area contributed by atoms with Gasteiger partial charge >= 0.3 is 0 Å². The van der Waals surface area contributed by atoms with Gasteiger partial charge in [-0.1, -0.05) is 62.9 Å². The maximum absolute atomic E-state index is 13.5. The molecule has 0 amide bonds. The molecule has 0 aliphatic rings. The quantitative estimate of drug-likeness (QED) is 0.265. The Morgan fingerprint density at radius 2 is 1.67 bits per heavy atom. The van der Waals surface area contributed by atoms with Gasteiger partial charge in [-0.3, -0.25) is 0 Å². The number of aromatic nitrogens is 3. The second kappa shape index (κ2) is 12.2. The van der Waals surface area contributed by atoms with Gasteiger partial charge in [-0.05, 0) is 64.9 Å². The zero-order valence-electron chi connectivity index (χ0n) is 17.5. The zero-order chi connectivity index (χ0) is 21.2. The Morgan fingerprint density at radius 1 is 0.933 bits per heavy atom. The van der Waals surface area contributed by atoms with Crippen LogP contribution in [0.25, 0.3) is 0 Å². The summed E-state index contributed by atoms with van der Waals surface area (Å²) in [7, 11) is -1.21. The van der Waals surface area contributed by atoms with Crippen molar-refractivity contribution in [2.24, 2.45) is 0 Å². The number of rotatable bonds is 12. The molecule has 2 aromatic carbocycles. The lowest BCUT2D eigenvalue weighted by Crippen LogP contribution is -2.08. The summed E-state index contributed by atoms with van der Waals surface area (Å²) in [6.45, 7) is 3.15. The van der Waals surface area contributed by atoms with Crippen molar-refractivity contribution in [3.05, 3.63) is 71.2 Å². The van der Waals surface area contributed by atoms with Gasteiger partial charge in [0.25, 0.3) is 0 Å². The van der Waals surface area contributed by atoms with Gasteiger partial charge in [-0.2, -0.15) is 0 Å². The Balaban J connectivity index is 1.83. The van der Waals surface area contributed by atoms with Crippen molar-refractivity contribution < 1.29 is 4.21 Å². The van der Waals surface area contributed by atoms with Crippen LogP contribution < -0.4 is 0 Å². The molecule has 6 heteroatoms. The minimum absolute atomic E-state index is 0.387. The molecule has 0 fully saturated rings. The zero-order valence-corrected chi connectivity index (χ0v) is 19.9. The molecule has 1 heterocycles. The first-order chi connectivity index (χ1) is 14.7. The molecule has 3 aromatic rings. The first-order valence-electron chi connectivity index (χ1n) is 10.8. The van der Waals surface area contributed by atoms with Gasteiger partial charge in [-0.15, -0.1) is 10.2 Å². The number of hydrogen-bond acceptors (Lipinski definition) is 3. The maximum atomic E-state index is 13.5. The average molecular weight is 488 g/mol. The SMILES string of the molecule is CCCCCCC(CCCn1cnnc1)c1cccc(Br)c1S(=O)c1ccccc1. The van der Waals surface area contributed by atoms with Crippen LogP contribution in [0.1, 0.15) is 63.4 Å². The van der Waals surface area contributed by atoms with E-state index in [0.717, 1.165) is 40.1 Å². The summed E-state index contributed by atoms with van der Waals surface area (Å²) >= 11 is 3.69. The molecule has 0 N–H and O–H groups in total. The van der Waals surface area contributed by atoms with Crippen LogP contribution in [0.3, 0.4) is 0 Å². The molecule has 4 nitrogen and oxygen atoms in total. The number of benzene rings is 2. The lowest BCUT2D eigenvalue weighted by molar-refractivity contribution is 0.483. The van der Waals surface area contributed by atoms with Gasteiger partial charge in [0.05, 0.1) is 15.7 Å². The normalized spacial score (nSPS) is 13.3. The van der Waals surface area contributed by atoms with Gasteiger partial charge in [0.2, 0.25) is 0 Å². The third kappa shape index (κ3) is 6.35. The highest BCUT2D eigenvalue weighted by Gasteiger charge is 2.21. The van der Waals surface area contributed by atoms with Crippen molar-refractivity contribution in [1.82, 2.24) is 14.8 Å². The lowest BCUT2D eigenvalue weighted by Gasteiger charge is -2.22. The number of halogens is 1. The third-order valence-corrected chi connectivity index (χ3v) is 7.87. The van der Waals surface area contributed by atoms with Gasteiger partial charge in [0.15, 0.2) is 0 Å². The van der Waals surface area contributed by atoms with E-state index in [0.29, 0.717) is 5.92 Å². The summed E-state index contributed by atoms with van der Waals surface area (Å²) in [5, 5.41) is 7.79. The van der Waals surface area contributed by atoms with Crippen LogP contribution in [-0.2, 0) is 17.3 Å². The van der Waals surface area contributed by atoms with Crippen molar-refractivity contribution in [3.63, 3.8) is 0 Å². The molecule has 0 bridgehead atoms. The van der Waals surface area contributed by atoms with Crippen molar-refractivity contribution in [3.8, 4) is 0 Å². The van der Waals surface area contributed by atoms with Crippen LogP contribution in [0, 0.1) is 0 Å². The van der Waals surface area contributed by atoms with E-state index in [1.54, 1.807) is 12.7 Å². The molecule has 1 aromatic heterocycles. The Hall–Kier alpha value is -1.79. The Kier molecular flexibility index (Phi) is 9.27. The summed E-state index contributed by atoms with van der Waals surface area (Å²) in [6.07, 6.45) is 11.7. The fraction of sp³-hybridized carbons (Fsp3) is 0.417. The highest BCUT2D eigenvalue weighted by molar-refractivity contribution is 9.10. The summed E-state index contributed by atoms with van der Waals surface area (Å²) in [5.74, 6) is 0.387. The highest BCUT2D eigenvalue weighted by atomic mass is 79.9. The molecule has 3 rings (SSSR count). The summed E-state index contributed by atoms with van der Waals surface area (Å²) in [4.78, 5) is 1.77. The molecular formula is C24H30BrN3OS. The van der Waals surface area contributed by atoms with Gasteiger partial charge in [-0.25, -0.2) is 4.21 Å². The summed E-state index contributed by atoms with van der Waals surface area (Å²) in [6, 6.07) is 16.0. The molecule has 0 radical (unpaired) electrons. The monoisotopic (exact) mass is 487 g/mol. The molecule has 2 unspecified atom stereocenters. The standard InChI is InChI=1S/C24H30BrN3OS/c1-2-3-4-6-11-20(12-10-17-28-18-26-27-19-28)22-15-9-16-23(25)24(22)30(29)21-13-7-5-8-14-21/h5,7-9,13-16,18-20H,2-4,6,10-12,17H2,1H3. The minimum atomic E-state index is -1.21. The maximum Gasteiger partial charge on any atom is 0.119 e. The van der Waals surface area contributed by atoms with E-state index in [-0.39, 0.29) is 0 Å². The number of aryl methyl sites for hydroxylation is 1. The second-order valence-electron chi connectivity index (χ2n) is 7.63. The fourth-order valence-corrected chi connectivity index (χ4v) is 5.99. The molecule has 2 atom stereocenters. The van der Waals surface area contributed by atoms with Crippen LogP contribution in [-0.4, -0.2) is 19.0 Å². The average Bonchev–Trinajstić information content (AvgIpc) is 3.29. The smallest absolute Gasteiger partial charge is 0.119 e. The van der Waals surface area contributed by atoms with Crippen LogP contribution in [0.5, 0.6) is 0 Å². The van der Waals surface area contributed by atoms with Crippen molar-refractivity contribution in [2.45, 2.75) is 74.1 Å². The van der Waals surface area contributed by atoms with Gasteiger partial charge in [0, 0.05) is 15.9 Å². The molecular weight excluding hydrogens is 458 g/mol. The highest BCUT2D eigenvalue weighted by Crippen LogP contribution is 2.37. The first kappa shape index (κ1) is 22.9. The van der Waals surface area contributed by atoms with Crippen LogP contribution in [0.15, 0.2) is 75.4 Å². The fourth-order valence-electron chi connectivity index (χ4n) is 3.84.